The molecule has 3 nitrogen and oxygen atoms in total. The number of hydrogen-bond acceptors (Lipinski definition) is 1. The SMILES string of the molecule is CN=C1NCCC(C)(C)N1. The lowest BCUT2D eigenvalue weighted by Gasteiger charge is -2.33. The molecule has 0 saturated carbocycles. The molecule has 0 amide bonds. The van der Waals surface area contributed by atoms with Crippen molar-refractivity contribution >= 4 is 5.96 Å². The first-order valence-electron chi connectivity index (χ1n) is 3.63. The Morgan fingerprint density at radius 3 is 2.60 bits per heavy atom. The van der Waals surface area contributed by atoms with Gasteiger partial charge in [-0.25, -0.2) is 0 Å². The van der Waals surface area contributed by atoms with E-state index < -0.39 is 0 Å². The summed E-state index contributed by atoms with van der Waals surface area (Å²) in [6, 6.07) is 0. The number of aliphatic imine (C=N–C) groups is 1. The average molecular weight is 141 g/mol. The van der Waals surface area contributed by atoms with Gasteiger partial charge in [-0.1, -0.05) is 0 Å². The zero-order valence-electron chi connectivity index (χ0n) is 6.86. The third-order valence-corrected chi connectivity index (χ3v) is 1.72. The van der Waals surface area contributed by atoms with Gasteiger partial charge in [-0.3, -0.25) is 4.99 Å². The topological polar surface area (TPSA) is 36.4 Å². The first-order valence-corrected chi connectivity index (χ1v) is 3.63. The molecule has 0 atom stereocenters. The molecule has 1 aliphatic rings. The molecule has 1 aliphatic heterocycles. The molecular formula is C7H15N3. The fourth-order valence-corrected chi connectivity index (χ4v) is 1.06. The van der Waals surface area contributed by atoms with Crippen LogP contribution in [0.5, 0.6) is 0 Å². The van der Waals surface area contributed by atoms with Crippen LogP contribution >= 0.6 is 0 Å². The van der Waals surface area contributed by atoms with E-state index in [1.54, 1.807) is 7.05 Å². The van der Waals surface area contributed by atoms with Gasteiger partial charge in [-0.15, -0.1) is 0 Å². The highest BCUT2D eigenvalue weighted by Gasteiger charge is 2.22. The second kappa shape index (κ2) is 2.48. The number of nitrogens with zero attached hydrogens (tertiary/aromatic N) is 1. The molecule has 0 aliphatic carbocycles. The standard InChI is InChI=1S/C7H15N3/c1-7(2)4-5-9-6(8-3)10-7/h4-5H2,1-3H3,(H2,8,9,10). The lowest BCUT2D eigenvalue weighted by molar-refractivity contribution is 0.390. The van der Waals surface area contributed by atoms with E-state index in [9.17, 15) is 0 Å². The van der Waals surface area contributed by atoms with Gasteiger partial charge >= 0.3 is 0 Å². The minimum atomic E-state index is 0.208. The van der Waals surface area contributed by atoms with Crippen LogP contribution in [0.4, 0.5) is 0 Å². The minimum Gasteiger partial charge on any atom is -0.356 e. The highest BCUT2D eigenvalue weighted by Crippen LogP contribution is 2.09. The molecule has 0 unspecified atom stereocenters. The quantitative estimate of drug-likeness (QED) is 0.510. The monoisotopic (exact) mass is 141 g/mol. The van der Waals surface area contributed by atoms with Crippen LogP contribution in [0.25, 0.3) is 0 Å². The van der Waals surface area contributed by atoms with E-state index in [0.717, 1.165) is 18.9 Å². The highest BCUT2D eigenvalue weighted by atomic mass is 15.2. The Bertz CT molecular complexity index is 149. The Kier molecular flexibility index (Phi) is 1.83. The van der Waals surface area contributed by atoms with Gasteiger partial charge < -0.3 is 10.6 Å². The van der Waals surface area contributed by atoms with Crippen LogP contribution in [0, 0.1) is 0 Å². The zero-order valence-corrected chi connectivity index (χ0v) is 6.86. The lowest BCUT2D eigenvalue weighted by Crippen LogP contribution is -2.55. The summed E-state index contributed by atoms with van der Waals surface area (Å²) in [5.41, 5.74) is 0.208. The summed E-state index contributed by atoms with van der Waals surface area (Å²) in [5.74, 6) is 0.913. The minimum absolute atomic E-state index is 0.208. The third-order valence-electron chi connectivity index (χ3n) is 1.72. The van der Waals surface area contributed by atoms with Crippen LogP contribution < -0.4 is 10.6 Å². The van der Waals surface area contributed by atoms with Crippen LogP contribution in [0.1, 0.15) is 20.3 Å². The fraction of sp³-hybridized carbons (Fsp3) is 0.857. The largest absolute Gasteiger partial charge is 0.356 e. The number of guanidine groups is 1. The molecule has 58 valence electrons. The molecular weight excluding hydrogens is 126 g/mol. The first-order chi connectivity index (χ1) is 4.64. The van der Waals surface area contributed by atoms with Crippen molar-refractivity contribution in [2.75, 3.05) is 13.6 Å². The molecule has 0 aromatic carbocycles. The maximum absolute atomic E-state index is 4.04. The summed E-state index contributed by atoms with van der Waals surface area (Å²) < 4.78 is 0. The highest BCUT2D eigenvalue weighted by molar-refractivity contribution is 5.81. The van der Waals surface area contributed by atoms with E-state index in [1.807, 2.05) is 0 Å². The number of rotatable bonds is 0. The molecule has 2 N–H and O–H groups in total. The van der Waals surface area contributed by atoms with Crippen molar-refractivity contribution in [3.63, 3.8) is 0 Å². The predicted molar refractivity (Wildman–Crippen MR) is 43.2 cm³/mol. The summed E-state index contributed by atoms with van der Waals surface area (Å²) in [5, 5.41) is 6.44. The smallest absolute Gasteiger partial charge is 0.191 e. The zero-order chi connectivity index (χ0) is 7.61. The molecule has 1 rings (SSSR count). The molecule has 10 heavy (non-hydrogen) atoms. The van der Waals surface area contributed by atoms with E-state index in [-0.39, 0.29) is 5.54 Å². The molecule has 0 aromatic heterocycles. The van der Waals surface area contributed by atoms with Gasteiger partial charge in [0.2, 0.25) is 0 Å². The van der Waals surface area contributed by atoms with Crippen LogP contribution in [-0.2, 0) is 0 Å². The van der Waals surface area contributed by atoms with E-state index in [2.05, 4.69) is 29.5 Å². The average Bonchev–Trinajstić information content (AvgIpc) is 1.86. The predicted octanol–water partition coefficient (Wildman–Crippen LogP) is 0.334. The molecule has 0 aromatic rings. The van der Waals surface area contributed by atoms with Gasteiger partial charge in [0, 0.05) is 19.1 Å². The van der Waals surface area contributed by atoms with Crippen molar-refractivity contribution in [2.24, 2.45) is 4.99 Å². The fourth-order valence-electron chi connectivity index (χ4n) is 1.06. The van der Waals surface area contributed by atoms with E-state index >= 15 is 0 Å². The molecule has 1 fully saturated rings. The van der Waals surface area contributed by atoms with Crippen molar-refractivity contribution < 1.29 is 0 Å². The Balaban J connectivity index is 2.56. The van der Waals surface area contributed by atoms with Gasteiger partial charge in [-0.05, 0) is 20.3 Å². The maximum atomic E-state index is 4.04. The Morgan fingerprint density at radius 2 is 2.20 bits per heavy atom. The lowest BCUT2D eigenvalue weighted by atomic mass is 9.99. The van der Waals surface area contributed by atoms with Gasteiger partial charge in [0.25, 0.3) is 0 Å². The van der Waals surface area contributed by atoms with Gasteiger partial charge in [0.05, 0.1) is 0 Å². The van der Waals surface area contributed by atoms with Crippen molar-refractivity contribution in [1.82, 2.24) is 10.6 Å². The van der Waals surface area contributed by atoms with Gasteiger partial charge in [0.1, 0.15) is 0 Å². The third kappa shape index (κ3) is 1.62. The Labute approximate surface area is 61.9 Å². The summed E-state index contributed by atoms with van der Waals surface area (Å²) >= 11 is 0. The maximum Gasteiger partial charge on any atom is 0.191 e. The Hall–Kier alpha value is -0.730. The summed E-state index contributed by atoms with van der Waals surface area (Å²) in [6.45, 7) is 5.38. The van der Waals surface area contributed by atoms with Crippen LogP contribution in [0.3, 0.4) is 0 Å². The van der Waals surface area contributed by atoms with Crippen LogP contribution in [0.15, 0.2) is 4.99 Å². The van der Waals surface area contributed by atoms with Crippen LogP contribution in [0.2, 0.25) is 0 Å². The van der Waals surface area contributed by atoms with Crippen molar-refractivity contribution in [1.29, 1.82) is 0 Å². The molecule has 0 spiro atoms. The van der Waals surface area contributed by atoms with Crippen molar-refractivity contribution in [3.8, 4) is 0 Å². The Morgan fingerprint density at radius 1 is 1.50 bits per heavy atom. The molecule has 3 heteroatoms. The van der Waals surface area contributed by atoms with Gasteiger partial charge in [0.15, 0.2) is 5.96 Å². The van der Waals surface area contributed by atoms with Crippen LogP contribution in [-0.4, -0.2) is 25.1 Å². The molecule has 0 bridgehead atoms. The summed E-state index contributed by atoms with van der Waals surface area (Å²) in [4.78, 5) is 4.04. The van der Waals surface area contributed by atoms with E-state index in [4.69, 9.17) is 0 Å². The first kappa shape index (κ1) is 7.38. The van der Waals surface area contributed by atoms with Gasteiger partial charge in [-0.2, -0.15) is 0 Å². The van der Waals surface area contributed by atoms with Crippen molar-refractivity contribution in [3.05, 3.63) is 0 Å². The summed E-state index contributed by atoms with van der Waals surface area (Å²) in [7, 11) is 1.79. The van der Waals surface area contributed by atoms with Crippen molar-refractivity contribution in [2.45, 2.75) is 25.8 Å². The number of nitrogens with one attached hydrogen (secondary N) is 2. The molecule has 0 radical (unpaired) electrons. The molecule has 1 heterocycles. The normalized spacial score (nSPS) is 27.3. The second-order valence-corrected chi connectivity index (χ2v) is 3.26. The summed E-state index contributed by atoms with van der Waals surface area (Å²) in [6.07, 6.45) is 1.14. The van der Waals surface area contributed by atoms with E-state index in [1.165, 1.54) is 0 Å². The van der Waals surface area contributed by atoms with E-state index in [0.29, 0.717) is 0 Å². The number of hydrogen-bond donors (Lipinski definition) is 2. The molecule has 1 saturated heterocycles. The second-order valence-electron chi connectivity index (χ2n) is 3.26.